The van der Waals surface area contributed by atoms with Crippen molar-refractivity contribution in [3.8, 4) is 0 Å². The summed E-state index contributed by atoms with van der Waals surface area (Å²) >= 11 is 0. The molecule has 6 nitrogen and oxygen atoms in total. The molecule has 0 bridgehead atoms. The molecular weight excluding hydrogens is 258 g/mol. The van der Waals surface area contributed by atoms with Crippen molar-refractivity contribution in [3.63, 3.8) is 0 Å². The summed E-state index contributed by atoms with van der Waals surface area (Å²) in [6.45, 7) is 7.50. The molecule has 0 saturated carbocycles. The number of carboxylic acid groups (broad SMARTS) is 1. The molecule has 0 amide bonds. The van der Waals surface area contributed by atoms with E-state index in [1.54, 1.807) is 4.68 Å². The average Bonchev–Trinajstić information content (AvgIpc) is 2.96. The van der Waals surface area contributed by atoms with Crippen LogP contribution in [0.4, 0.5) is 0 Å². The van der Waals surface area contributed by atoms with E-state index in [0.29, 0.717) is 18.3 Å². The maximum atomic E-state index is 11.2. The first-order chi connectivity index (χ1) is 9.39. The molecule has 0 aromatic carbocycles. The van der Waals surface area contributed by atoms with Gasteiger partial charge in [0.1, 0.15) is 0 Å². The van der Waals surface area contributed by atoms with Crippen molar-refractivity contribution in [3.05, 3.63) is 11.4 Å². The van der Waals surface area contributed by atoms with Crippen LogP contribution < -0.4 is 0 Å². The number of aromatic carboxylic acids is 1. The van der Waals surface area contributed by atoms with E-state index in [4.69, 9.17) is 4.74 Å². The summed E-state index contributed by atoms with van der Waals surface area (Å²) in [5.74, 6) is -1.01. The molecule has 0 spiro atoms. The first-order valence-electron chi connectivity index (χ1n) is 7.18. The van der Waals surface area contributed by atoms with E-state index >= 15 is 0 Å². The highest BCUT2D eigenvalue weighted by molar-refractivity contribution is 5.86. The number of nitrogens with zero attached hydrogens (tertiary/aromatic N) is 3. The molecule has 1 N–H and O–H groups in total. The fourth-order valence-electron chi connectivity index (χ4n) is 2.70. The van der Waals surface area contributed by atoms with Crippen LogP contribution in [-0.2, 0) is 16.7 Å². The molecule has 1 aromatic heterocycles. The SMILES string of the molecule is CC(C)(C)c1c(C(=O)O)nnn1CCCC1CCCO1. The summed E-state index contributed by atoms with van der Waals surface area (Å²) in [5, 5.41) is 17.0. The average molecular weight is 281 g/mol. The molecule has 1 aliphatic rings. The summed E-state index contributed by atoms with van der Waals surface area (Å²) in [7, 11) is 0. The highest BCUT2D eigenvalue weighted by Gasteiger charge is 2.28. The smallest absolute Gasteiger partial charge is 0.358 e. The Balaban J connectivity index is 2.05. The maximum absolute atomic E-state index is 11.2. The van der Waals surface area contributed by atoms with Crippen LogP contribution in [-0.4, -0.2) is 38.8 Å². The van der Waals surface area contributed by atoms with E-state index in [1.165, 1.54) is 0 Å². The highest BCUT2D eigenvalue weighted by atomic mass is 16.5. The minimum absolute atomic E-state index is 0.0645. The van der Waals surface area contributed by atoms with Crippen LogP contribution in [0.1, 0.15) is 62.6 Å². The third-order valence-electron chi connectivity index (χ3n) is 3.57. The van der Waals surface area contributed by atoms with Crippen molar-refractivity contribution in [2.75, 3.05) is 6.61 Å². The van der Waals surface area contributed by atoms with Gasteiger partial charge in [0.15, 0.2) is 5.69 Å². The first kappa shape index (κ1) is 15.0. The Hall–Kier alpha value is -1.43. The van der Waals surface area contributed by atoms with Crippen LogP contribution in [0.3, 0.4) is 0 Å². The third kappa shape index (κ3) is 3.36. The zero-order valence-corrected chi connectivity index (χ0v) is 12.4. The number of hydrogen-bond acceptors (Lipinski definition) is 4. The number of aromatic nitrogens is 3. The zero-order valence-electron chi connectivity index (χ0n) is 12.4. The highest BCUT2D eigenvalue weighted by Crippen LogP contribution is 2.25. The summed E-state index contributed by atoms with van der Waals surface area (Å²) < 4.78 is 7.33. The van der Waals surface area contributed by atoms with Crippen molar-refractivity contribution in [1.82, 2.24) is 15.0 Å². The normalized spacial score (nSPS) is 19.4. The van der Waals surface area contributed by atoms with Crippen molar-refractivity contribution < 1.29 is 14.6 Å². The van der Waals surface area contributed by atoms with E-state index < -0.39 is 5.97 Å². The van der Waals surface area contributed by atoms with Gasteiger partial charge in [0, 0.05) is 18.6 Å². The van der Waals surface area contributed by atoms with Crippen LogP contribution in [0.2, 0.25) is 0 Å². The Morgan fingerprint density at radius 1 is 1.50 bits per heavy atom. The van der Waals surface area contributed by atoms with Gasteiger partial charge >= 0.3 is 5.97 Å². The Morgan fingerprint density at radius 3 is 2.80 bits per heavy atom. The Labute approximate surface area is 119 Å². The number of carboxylic acids is 1. The van der Waals surface area contributed by atoms with Gasteiger partial charge in [-0.2, -0.15) is 0 Å². The lowest BCUT2D eigenvalue weighted by molar-refractivity contribution is 0.0687. The van der Waals surface area contributed by atoms with E-state index in [1.807, 2.05) is 20.8 Å². The molecule has 1 fully saturated rings. The quantitative estimate of drug-likeness (QED) is 0.895. The van der Waals surface area contributed by atoms with Gasteiger partial charge in [0.05, 0.1) is 11.8 Å². The molecular formula is C14H23N3O3. The van der Waals surface area contributed by atoms with Crippen LogP contribution >= 0.6 is 0 Å². The molecule has 1 aliphatic heterocycles. The van der Waals surface area contributed by atoms with Gasteiger partial charge in [0.2, 0.25) is 0 Å². The summed E-state index contributed by atoms with van der Waals surface area (Å²) in [6, 6.07) is 0. The third-order valence-corrected chi connectivity index (χ3v) is 3.57. The number of hydrogen-bond donors (Lipinski definition) is 1. The van der Waals surface area contributed by atoms with Crippen molar-refractivity contribution in [2.24, 2.45) is 0 Å². The molecule has 2 rings (SSSR count). The van der Waals surface area contributed by atoms with Gasteiger partial charge < -0.3 is 9.84 Å². The topological polar surface area (TPSA) is 77.2 Å². The fourth-order valence-corrected chi connectivity index (χ4v) is 2.70. The lowest BCUT2D eigenvalue weighted by Crippen LogP contribution is -2.22. The second-order valence-electron chi connectivity index (χ2n) is 6.34. The first-order valence-corrected chi connectivity index (χ1v) is 7.18. The monoisotopic (exact) mass is 281 g/mol. The van der Waals surface area contributed by atoms with Gasteiger partial charge in [-0.05, 0) is 25.7 Å². The van der Waals surface area contributed by atoms with Crippen LogP contribution in [0.15, 0.2) is 0 Å². The number of carbonyl (C=O) groups is 1. The standard InChI is InChI=1S/C14H23N3O3/c1-14(2,3)12-11(13(18)19)15-16-17(12)8-4-6-10-7-5-9-20-10/h10H,4-9H2,1-3H3,(H,18,19). The zero-order chi connectivity index (χ0) is 14.8. The van der Waals surface area contributed by atoms with Gasteiger partial charge in [0.25, 0.3) is 0 Å². The molecule has 1 unspecified atom stereocenters. The summed E-state index contributed by atoms with van der Waals surface area (Å²) in [5.41, 5.74) is 0.466. The maximum Gasteiger partial charge on any atom is 0.358 e. The predicted molar refractivity (Wildman–Crippen MR) is 73.9 cm³/mol. The summed E-state index contributed by atoms with van der Waals surface area (Å²) in [6.07, 6.45) is 4.55. The molecule has 6 heteroatoms. The largest absolute Gasteiger partial charge is 0.476 e. The second-order valence-corrected chi connectivity index (χ2v) is 6.34. The fraction of sp³-hybridized carbons (Fsp3) is 0.786. The Kier molecular flexibility index (Phi) is 4.42. The number of rotatable bonds is 5. The minimum Gasteiger partial charge on any atom is -0.476 e. The lowest BCUT2D eigenvalue weighted by atomic mass is 9.90. The van der Waals surface area contributed by atoms with E-state index in [0.717, 1.165) is 32.3 Å². The molecule has 2 heterocycles. The lowest BCUT2D eigenvalue weighted by Gasteiger charge is -2.20. The molecule has 112 valence electrons. The Bertz CT molecular complexity index is 470. The number of ether oxygens (including phenoxy) is 1. The predicted octanol–water partition coefficient (Wildman–Crippen LogP) is 2.23. The van der Waals surface area contributed by atoms with Crippen LogP contribution in [0.5, 0.6) is 0 Å². The van der Waals surface area contributed by atoms with Crippen molar-refractivity contribution in [2.45, 2.75) is 64.5 Å². The van der Waals surface area contributed by atoms with E-state index in [9.17, 15) is 9.90 Å². The molecule has 20 heavy (non-hydrogen) atoms. The van der Waals surface area contributed by atoms with E-state index in [-0.39, 0.29) is 11.1 Å². The summed E-state index contributed by atoms with van der Waals surface area (Å²) in [4.78, 5) is 11.2. The van der Waals surface area contributed by atoms with Gasteiger partial charge in [-0.3, -0.25) is 0 Å². The molecule has 1 aromatic rings. The van der Waals surface area contributed by atoms with Gasteiger partial charge in [-0.15, -0.1) is 5.10 Å². The minimum atomic E-state index is -1.01. The Morgan fingerprint density at radius 2 is 2.25 bits per heavy atom. The van der Waals surface area contributed by atoms with E-state index in [2.05, 4.69) is 10.3 Å². The molecule has 1 atom stereocenters. The molecule has 1 saturated heterocycles. The van der Waals surface area contributed by atoms with Crippen molar-refractivity contribution >= 4 is 5.97 Å². The van der Waals surface area contributed by atoms with Gasteiger partial charge in [-0.1, -0.05) is 26.0 Å². The second kappa shape index (κ2) is 5.91. The molecule has 0 radical (unpaired) electrons. The molecule has 0 aliphatic carbocycles. The van der Waals surface area contributed by atoms with Crippen molar-refractivity contribution in [1.29, 1.82) is 0 Å². The van der Waals surface area contributed by atoms with Crippen LogP contribution in [0.25, 0.3) is 0 Å². The number of aryl methyl sites for hydroxylation is 1. The van der Waals surface area contributed by atoms with Gasteiger partial charge in [-0.25, -0.2) is 9.48 Å². The van der Waals surface area contributed by atoms with Crippen LogP contribution in [0, 0.1) is 0 Å².